The van der Waals surface area contributed by atoms with E-state index < -0.39 is 0 Å². The van der Waals surface area contributed by atoms with Crippen molar-refractivity contribution in [1.82, 2.24) is 9.55 Å². The first-order valence-corrected chi connectivity index (χ1v) is 8.50. The van der Waals surface area contributed by atoms with Crippen LogP contribution in [0.2, 0.25) is 5.02 Å². The van der Waals surface area contributed by atoms with E-state index >= 15 is 0 Å². The van der Waals surface area contributed by atoms with Gasteiger partial charge in [0.2, 0.25) is 0 Å². The molecular formula is C17H15ClN2O3S. The summed E-state index contributed by atoms with van der Waals surface area (Å²) in [4.78, 5) is 30.7. The van der Waals surface area contributed by atoms with Crippen LogP contribution in [0, 0.1) is 13.8 Å². The molecule has 1 aromatic carbocycles. The molecule has 0 amide bonds. The van der Waals surface area contributed by atoms with E-state index in [4.69, 9.17) is 16.3 Å². The Kier molecular flexibility index (Phi) is 4.69. The first-order chi connectivity index (χ1) is 11.5. The Morgan fingerprint density at radius 3 is 2.71 bits per heavy atom. The molecule has 24 heavy (non-hydrogen) atoms. The number of fused-ring (bicyclic) bond motifs is 1. The number of aromatic nitrogens is 2. The molecule has 0 spiro atoms. The monoisotopic (exact) mass is 362 g/mol. The van der Waals surface area contributed by atoms with E-state index in [1.165, 1.54) is 22.2 Å². The molecule has 2 heterocycles. The Morgan fingerprint density at radius 2 is 2.00 bits per heavy atom. The molecule has 124 valence electrons. The molecule has 3 aromatic rings. The number of thiophene rings is 1. The van der Waals surface area contributed by atoms with Crippen molar-refractivity contribution in [2.24, 2.45) is 0 Å². The number of Topliss-reactive ketones (excluding diaryl/α,β-unsaturated/α-hetero) is 1. The molecule has 0 unspecified atom stereocenters. The van der Waals surface area contributed by atoms with E-state index in [0.717, 1.165) is 10.4 Å². The molecule has 0 bridgehead atoms. The van der Waals surface area contributed by atoms with E-state index in [0.29, 0.717) is 21.0 Å². The van der Waals surface area contributed by atoms with Crippen molar-refractivity contribution in [3.05, 3.63) is 56.4 Å². The molecule has 0 aliphatic carbocycles. The number of carbonyl (C=O) groups excluding carboxylic acids is 1. The smallest absolute Gasteiger partial charge is 0.262 e. The van der Waals surface area contributed by atoms with Gasteiger partial charge < -0.3 is 4.74 Å². The zero-order valence-corrected chi connectivity index (χ0v) is 14.8. The average Bonchev–Trinajstić information content (AvgIpc) is 2.85. The van der Waals surface area contributed by atoms with Gasteiger partial charge in [-0.25, -0.2) is 4.98 Å². The van der Waals surface area contributed by atoms with Crippen molar-refractivity contribution in [2.45, 2.75) is 20.4 Å². The molecule has 7 heteroatoms. The summed E-state index contributed by atoms with van der Waals surface area (Å²) in [5, 5.41) is 1.19. The highest BCUT2D eigenvalue weighted by Crippen LogP contribution is 2.25. The molecule has 0 saturated heterocycles. The Morgan fingerprint density at radius 1 is 1.29 bits per heavy atom. The lowest BCUT2D eigenvalue weighted by atomic mass is 10.2. The van der Waals surface area contributed by atoms with Crippen molar-refractivity contribution in [1.29, 1.82) is 0 Å². The third kappa shape index (κ3) is 3.34. The van der Waals surface area contributed by atoms with Gasteiger partial charge in [-0.2, -0.15) is 0 Å². The zero-order chi connectivity index (χ0) is 17.3. The Hall–Kier alpha value is -2.18. The minimum Gasteiger partial charge on any atom is -0.486 e. The van der Waals surface area contributed by atoms with Gasteiger partial charge in [-0.15, -0.1) is 11.3 Å². The lowest BCUT2D eigenvalue weighted by Crippen LogP contribution is -2.27. The van der Waals surface area contributed by atoms with Crippen LogP contribution in [-0.4, -0.2) is 21.9 Å². The van der Waals surface area contributed by atoms with Gasteiger partial charge in [0.15, 0.2) is 5.78 Å². The fourth-order valence-corrected chi connectivity index (χ4v) is 3.43. The second-order valence-electron chi connectivity index (χ2n) is 5.42. The number of benzene rings is 1. The second-order valence-corrected chi connectivity index (χ2v) is 7.06. The Balaban J connectivity index is 1.73. The first-order valence-electron chi connectivity index (χ1n) is 7.31. The van der Waals surface area contributed by atoms with Gasteiger partial charge in [0.1, 0.15) is 17.2 Å². The number of hydrogen-bond acceptors (Lipinski definition) is 5. The predicted molar refractivity (Wildman–Crippen MR) is 95.3 cm³/mol. The Labute approximate surface area is 147 Å². The third-order valence-electron chi connectivity index (χ3n) is 3.72. The summed E-state index contributed by atoms with van der Waals surface area (Å²) < 4.78 is 6.74. The normalized spacial score (nSPS) is 11.0. The molecule has 0 radical (unpaired) electrons. The van der Waals surface area contributed by atoms with Crippen LogP contribution in [0.5, 0.6) is 5.75 Å². The number of ether oxygens (including phenoxy) is 1. The largest absolute Gasteiger partial charge is 0.486 e. The van der Waals surface area contributed by atoms with Crippen molar-refractivity contribution >= 4 is 38.9 Å². The predicted octanol–water partition coefficient (Wildman–Crippen LogP) is 3.38. The van der Waals surface area contributed by atoms with Gasteiger partial charge in [-0.3, -0.25) is 14.2 Å². The van der Waals surface area contributed by atoms with Crippen molar-refractivity contribution < 1.29 is 9.53 Å². The summed E-state index contributed by atoms with van der Waals surface area (Å²) in [6, 6.07) is 6.75. The topological polar surface area (TPSA) is 61.2 Å². The van der Waals surface area contributed by atoms with E-state index in [2.05, 4.69) is 4.98 Å². The van der Waals surface area contributed by atoms with Crippen molar-refractivity contribution in [3.63, 3.8) is 0 Å². The summed E-state index contributed by atoms with van der Waals surface area (Å²) in [6.07, 6.45) is 1.42. The number of aryl methyl sites for hydroxylation is 2. The molecule has 0 atom stereocenters. The van der Waals surface area contributed by atoms with Crippen LogP contribution in [0.3, 0.4) is 0 Å². The molecule has 0 aliphatic rings. The van der Waals surface area contributed by atoms with Crippen molar-refractivity contribution in [3.8, 4) is 5.75 Å². The zero-order valence-electron chi connectivity index (χ0n) is 13.2. The fourth-order valence-electron chi connectivity index (χ4n) is 2.31. The number of rotatable bonds is 5. The maximum Gasteiger partial charge on any atom is 0.262 e. The van der Waals surface area contributed by atoms with Gasteiger partial charge >= 0.3 is 0 Å². The molecule has 3 rings (SSSR count). The first kappa shape index (κ1) is 16.7. The average molecular weight is 363 g/mol. The van der Waals surface area contributed by atoms with E-state index in [9.17, 15) is 9.59 Å². The SMILES string of the molecule is Cc1sc2ncn(CC(=O)COc3ccc(Cl)cc3)c(=O)c2c1C. The highest BCUT2D eigenvalue weighted by molar-refractivity contribution is 7.18. The standard InChI is InChI=1S/C17H15ClN2O3S/c1-10-11(2)24-16-15(10)17(22)20(9-19-16)7-13(21)8-23-14-5-3-12(18)4-6-14/h3-6,9H,7-8H2,1-2H3. The van der Waals surface area contributed by atoms with E-state index in [-0.39, 0.29) is 24.5 Å². The molecule has 0 saturated carbocycles. The number of halogens is 1. The lowest BCUT2D eigenvalue weighted by Gasteiger charge is -2.07. The van der Waals surface area contributed by atoms with Crippen LogP contribution in [0.4, 0.5) is 0 Å². The number of nitrogens with zero attached hydrogens (tertiary/aromatic N) is 2. The second kappa shape index (κ2) is 6.75. The molecule has 5 nitrogen and oxygen atoms in total. The summed E-state index contributed by atoms with van der Waals surface area (Å²) in [7, 11) is 0. The number of hydrogen-bond donors (Lipinski definition) is 0. The van der Waals surface area contributed by atoms with Gasteiger partial charge in [0.25, 0.3) is 5.56 Å². The molecule has 2 aromatic heterocycles. The minimum absolute atomic E-state index is 0.0658. The quantitative estimate of drug-likeness (QED) is 0.698. The summed E-state index contributed by atoms with van der Waals surface area (Å²) in [5.74, 6) is 0.343. The summed E-state index contributed by atoms with van der Waals surface area (Å²) in [5.41, 5.74) is 0.730. The van der Waals surface area contributed by atoms with Gasteiger partial charge in [0.05, 0.1) is 18.3 Å². The number of carbonyl (C=O) groups is 1. The minimum atomic E-state index is -0.210. The summed E-state index contributed by atoms with van der Waals surface area (Å²) >= 11 is 7.28. The molecule has 0 aliphatic heterocycles. The number of ketones is 1. The van der Waals surface area contributed by atoms with Crippen LogP contribution in [-0.2, 0) is 11.3 Å². The highest BCUT2D eigenvalue weighted by Gasteiger charge is 2.14. The van der Waals surface area contributed by atoms with Crippen LogP contribution in [0.15, 0.2) is 35.4 Å². The molecule has 0 fully saturated rings. The van der Waals surface area contributed by atoms with E-state index in [1.807, 2.05) is 13.8 Å². The third-order valence-corrected chi connectivity index (χ3v) is 5.08. The molecule has 0 N–H and O–H groups in total. The van der Waals surface area contributed by atoms with E-state index in [1.54, 1.807) is 24.3 Å². The fraction of sp³-hybridized carbons (Fsp3) is 0.235. The lowest BCUT2D eigenvalue weighted by molar-refractivity contribution is -0.121. The van der Waals surface area contributed by atoms with Gasteiger partial charge in [-0.05, 0) is 43.7 Å². The van der Waals surface area contributed by atoms with Gasteiger partial charge in [0, 0.05) is 9.90 Å². The molecular weight excluding hydrogens is 348 g/mol. The maximum atomic E-state index is 12.5. The van der Waals surface area contributed by atoms with Crippen molar-refractivity contribution in [2.75, 3.05) is 6.61 Å². The van der Waals surface area contributed by atoms with Crippen LogP contribution in [0.25, 0.3) is 10.2 Å². The van der Waals surface area contributed by atoms with Crippen LogP contribution in [0.1, 0.15) is 10.4 Å². The highest BCUT2D eigenvalue weighted by atomic mass is 35.5. The maximum absolute atomic E-state index is 12.5. The summed E-state index contributed by atoms with van der Waals surface area (Å²) in [6.45, 7) is 3.67. The van der Waals surface area contributed by atoms with Crippen LogP contribution < -0.4 is 10.3 Å². The van der Waals surface area contributed by atoms with Crippen LogP contribution >= 0.6 is 22.9 Å². The Bertz CT molecular complexity index is 960. The van der Waals surface area contributed by atoms with Gasteiger partial charge in [-0.1, -0.05) is 11.6 Å².